The van der Waals surface area contributed by atoms with Crippen LogP contribution in [0.3, 0.4) is 0 Å². The van der Waals surface area contributed by atoms with Gasteiger partial charge in [-0.3, -0.25) is 9.59 Å². The first-order valence-corrected chi connectivity index (χ1v) is 6.82. The third-order valence-corrected chi connectivity index (χ3v) is 3.23. The van der Waals surface area contributed by atoms with Crippen LogP contribution < -0.4 is 4.74 Å². The molecule has 128 valence electrons. The number of benzene rings is 2. The normalized spacial score (nSPS) is 13.6. The van der Waals surface area contributed by atoms with E-state index >= 15 is 0 Å². The zero-order valence-corrected chi connectivity index (χ0v) is 12.2. The molecule has 0 spiro atoms. The summed E-state index contributed by atoms with van der Waals surface area (Å²) < 4.78 is 40.4. The highest BCUT2D eigenvalue weighted by Gasteiger charge is 2.39. The van der Waals surface area contributed by atoms with Crippen LogP contribution in [0.4, 0.5) is 13.2 Å². The van der Waals surface area contributed by atoms with Crippen LogP contribution in [0.1, 0.15) is 31.1 Å². The summed E-state index contributed by atoms with van der Waals surface area (Å²) in [5.74, 6) is -3.49. The summed E-state index contributed by atoms with van der Waals surface area (Å²) in [6.07, 6.45) is -4.93. The van der Waals surface area contributed by atoms with Gasteiger partial charge in [0.15, 0.2) is 0 Å². The standard InChI is InChI=1S/C16H8F3NO5/c17-16(18,19)24-10-5-3-4-9(8-10)15(23)25-20-13(21)11-6-1-2-7-12(11)14(20)22/h1-8H. The van der Waals surface area contributed by atoms with Gasteiger partial charge >= 0.3 is 12.3 Å². The van der Waals surface area contributed by atoms with Gasteiger partial charge in [0, 0.05) is 0 Å². The number of carbonyl (C=O) groups excluding carboxylic acids is 3. The van der Waals surface area contributed by atoms with E-state index in [2.05, 4.69) is 4.74 Å². The van der Waals surface area contributed by atoms with Gasteiger partial charge in [-0.15, -0.1) is 13.2 Å². The van der Waals surface area contributed by atoms with Crippen molar-refractivity contribution in [3.8, 4) is 5.75 Å². The predicted molar refractivity (Wildman–Crippen MR) is 75.5 cm³/mol. The van der Waals surface area contributed by atoms with Gasteiger partial charge in [-0.05, 0) is 30.3 Å². The number of fused-ring (bicyclic) bond motifs is 1. The highest BCUT2D eigenvalue weighted by atomic mass is 19.4. The Morgan fingerprint density at radius 3 is 2.08 bits per heavy atom. The molecule has 3 rings (SSSR count). The Labute approximate surface area is 138 Å². The zero-order chi connectivity index (χ0) is 18.2. The van der Waals surface area contributed by atoms with E-state index in [4.69, 9.17) is 4.84 Å². The lowest BCUT2D eigenvalue weighted by molar-refractivity contribution is -0.274. The summed E-state index contributed by atoms with van der Waals surface area (Å²) in [6, 6.07) is 9.92. The van der Waals surface area contributed by atoms with Gasteiger partial charge in [-0.25, -0.2) is 4.79 Å². The van der Waals surface area contributed by atoms with Crippen LogP contribution in [0.25, 0.3) is 0 Å². The van der Waals surface area contributed by atoms with Crippen LogP contribution >= 0.6 is 0 Å². The molecule has 0 atom stereocenters. The summed E-state index contributed by atoms with van der Waals surface area (Å²) in [4.78, 5) is 41.0. The SMILES string of the molecule is O=C(ON1C(=O)c2ccccc2C1=O)c1cccc(OC(F)(F)F)c1. The molecule has 0 radical (unpaired) electrons. The first-order chi connectivity index (χ1) is 11.8. The maximum Gasteiger partial charge on any atom is 0.573 e. The van der Waals surface area contributed by atoms with Crippen molar-refractivity contribution in [3.05, 3.63) is 65.2 Å². The number of hydrogen-bond donors (Lipinski definition) is 0. The molecule has 1 heterocycles. The third-order valence-electron chi connectivity index (χ3n) is 3.23. The maximum atomic E-state index is 12.2. The Morgan fingerprint density at radius 2 is 1.52 bits per heavy atom. The van der Waals surface area contributed by atoms with Gasteiger partial charge in [0.25, 0.3) is 11.8 Å². The van der Waals surface area contributed by atoms with E-state index in [1.165, 1.54) is 24.3 Å². The minimum atomic E-state index is -4.93. The lowest BCUT2D eigenvalue weighted by Crippen LogP contribution is -2.32. The highest BCUT2D eigenvalue weighted by molar-refractivity contribution is 6.21. The summed E-state index contributed by atoms with van der Waals surface area (Å²) >= 11 is 0. The molecule has 0 bridgehead atoms. The fraction of sp³-hybridized carbons (Fsp3) is 0.0625. The average molecular weight is 351 g/mol. The lowest BCUT2D eigenvalue weighted by atomic mass is 10.1. The van der Waals surface area contributed by atoms with E-state index in [-0.39, 0.29) is 21.8 Å². The van der Waals surface area contributed by atoms with Crippen LogP contribution in [0, 0.1) is 0 Å². The van der Waals surface area contributed by atoms with Crippen molar-refractivity contribution in [3.63, 3.8) is 0 Å². The van der Waals surface area contributed by atoms with Crippen LogP contribution in [-0.2, 0) is 4.84 Å². The minimum absolute atomic E-state index is 0.0643. The lowest BCUT2D eigenvalue weighted by Gasteiger charge is -2.13. The molecule has 0 saturated carbocycles. The molecule has 9 heteroatoms. The number of imide groups is 1. The van der Waals surface area contributed by atoms with Crippen molar-refractivity contribution in [2.45, 2.75) is 6.36 Å². The van der Waals surface area contributed by atoms with Crippen molar-refractivity contribution < 1.29 is 37.1 Å². The fourth-order valence-corrected chi connectivity index (χ4v) is 2.21. The number of hydroxylamine groups is 2. The van der Waals surface area contributed by atoms with Crippen LogP contribution in [-0.4, -0.2) is 29.2 Å². The molecule has 1 aliphatic rings. The van der Waals surface area contributed by atoms with Crippen molar-refractivity contribution in [1.82, 2.24) is 5.06 Å². The van der Waals surface area contributed by atoms with Crippen molar-refractivity contribution in [2.24, 2.45) is 0 Å². The molecule has 2 aromatic carbocycles. The van der Waals surface area contributed by atoms with E-state index in [1.54, 1.807) is 0 Å². The minimum Gasteiger partial charge on any atom is -0.406 e. The third kappa shape index (κ3) is 3.30. The molecule has 0 aliphatic carbocycles. The van der Waals surface area contributed by atoms with E-state index < -0.39 is 29.9 Å². The van der Waals surface area contributed by atoms with Gasteiger partial charge in [0.2, 0.25) is 0 Å². The second-order valence-electron chi connectivity index (χ2n) is 4.90. The fourth-order valence-electron chi connectivity index (χ4n) is 2.21. The number of carbonyl (C=O) groups is 3. The number of halogens is 3. The number of ether oxygens (including phenoxy) is 1. The Balaban J connectivity index is 1.79. The molecular weight excluding hydrogens is 343 g/mol. The second-order valence-corrected chi connectivity index (χ2v) is 4.90. The number of hydrogen-bond acceptors (Lipinski definition) is 5. The maximum absolute atomic E-state index is 12.2. The summed E-state index contributed by atoms with van der Waals surface area (Å²) in [6.45, 7) is 0. The largest absolute Gasteiger partial charge is 0.573 e. The first-order valence-electron chi connectivity index (χ1n) is 6.82. The molecular formula is C16H8F3NO5. The number of nitrogens with zero attached hydrogens (tertiary/aromatic N) is 1. The van der Waals surface area contributed by atoms with Crippen molar-refractivity contribution in [2.75, 3.05) is 0 Å². The molecule has 6 nitrogen and oxygen atoms in total. The summed E-state index contributed by atoms with van der Waals surface area (Å²) in [5, 5.41) is 0.268. The zero-order valence-electron chi connectivity index (χ0n) is 12.2. The van der Waals surface area contributed by atoms with Gasteiger partial charge < -0.3 is 9.57 Å². The van der Waals surface area contributed by atoms with E-state index in [0.29, 0.717) is 0 Å². The molecule has 0 aromatic heterocycles. The van der Waals surface area contributed by atoms with E-state index in [9.17, 15) is 27.6 Å². The van der Waals surface area contributed by atoms with Crippen molar-refractivity contribution in [1.29, 1.82) is 0 Å². The Hall–Kier alpha value is -3.36. The molecule has 0 unspecified atom stereocenters. The predicted octanol–water partition coefficient (Wildman–Crippen LogP) is 2.95. The number of alkyl halides is 3. The Morgan fingerprint density at radius 1 is 0.920 bits per heavy atom. The Kier molecular flexibility index (Phi) is 3.91. The molecule has 0 fully saturated rings. The molecule has 2 aromatic rings. The van der Waals surface area contributed by atoms with Gasteiger partial charge in [0.1, 0.15) is 5.75 Å². The molecule has 1 aliphatic heterocycles. The van der Waals surface area contributed by atoms with E-state index in [1.807, 2.05) is 0 Å². The Bertz CT molecular complexity index is 843. The number of rotatable bonds is 3. The van der Waals surface area contributed by atoms with Gasteiger partial charge in [-0.1, -0.05) is 23.3 Å². The van der Waals surface area contributed by atoms with Crippen LogP contribution in [0.2, 0.25) is 0 Å². The van der Waals surface area contributed by atoms with Gasteiger partial charge in [-0.2, -0.15) is 0 Å². The van der Waals surface area contributed by atoms with Crippen molar-refractivity contribution >= 4 is 17.8 Å². The monoisotopic (exact) mass is 351 g/mol. The molecule has 25 heavy (non-hydrogen) atoms. The average Bonchev–Trinajstić information content (AvgIpc) is 2.79. The van der Waals surface area contributed by atoms with E-state index in [0.717, 1.165) is 24.3 Å². The summed E-state index contributed by atoms with van der Waals surface area (Å²) in [5.41, 5.74) is -0.192. The topological polar surface area (TPSA) is 72.9 Å². The number of amides is 2. The second kappa shape index (κ2) is 5.93. The van der Waals surface area contributed by atoms with Crippen LogP contribution in [0.5, 0.6) is 5.75 Å². The molecule has 0 N–H and O–H groups in total. The van der Waals surface area contributed by atoms with Crippen LogP contribution in [0.15, 0.2) is 48.5 Å². The molecule has 2 amide bonds. The smallest absolute Gasteiger partial charge is 0.406 e. The quantitative estimate of drug-likeness (QED) is 0.795. The summed E-state index contributed by atoms with van der Waals surface area (Å²) in [7, 11) is 0. The molecule has 0 saturated heterocycles. The van der Waals surface area contributed by atoms with Gasteiger partial charge in [0.05, 0.1) is 16.7 Å². The highest BCUT2D eigenvalue weighted by Crippen LogP contribution is 2.25. The first kappa shape index (κ1) is 16.5.